The van der Waals surface area contributed by atoms with Crippen LogP contribution in [0.1, 0.15) is 17.5 Å². The van der Waals surface area contributed by atoms with Crippen LogP contribution in [0.3, 0.4) is 0 Å². The Morgan fingerprint density at radius 1 is 1.06 bits per heavy atom. The van der Waals surface area contributed by atoms with Crippen molar-refractivity contribution in [2.45, 2.75) is 6.92 Å². The van der Waals surface area contributed by atoms with E-state index in [-0.39, 0.29) is 7.12 Å². The molecule has 3 N–H and O–H groups in total. The lowest BCUT2D eigenvalue weighted by molar-refractivity contribution is 0.0995. The second-order valence-electron chi connectivity index (χ2n) is 7.88. The van der Waals surface area contributed by atoms with Crippen LogP contribution in [-0.2, 0) is 7.05 Å². The molecule has 34 heavy (non-hydrogen) atoms. The number of ether oxygens (including phenoxy) is 1. The summed E-state index contributed by atoms with van der Waals surface area (Å²) in [7, 11) is 1.95. The summed E-state index contributed by atoms with van der Waals surface area (Å²) in [5.74, 6) is 1.16. The highest BCUT2D eigenvalue weighted by molar-refractivity contribution is 5.91. The molecule has 0 radical (unpaired) electrons. The number of nitrogens with one attached hydrogen (secondary N) is 1. The number of pyridine rings is 2. The Balaban J connectivity index is 0.00000289. The van der Waals surface area contributed by atoms with Gasteiger partial charge in [0.15, 0.2) is 0 Å². The number of benzene rings is 2. The van der Waals surface area contributed by atoms with Gasteiger partial charge in [-0.1, -0.05) is 12.1 Å². The molecule has 0 fully saturated rings. The van der Waals surface area contributed by atoms with Gasteiger partial charge >= 0.3 is 0 Å². The average molecular weight is 453 g/mol. The minimum Gasteiger partial charge on any atom is -0.457 e. The number of anilines is 2. The summed E-state index contributed by atoms with van der Waals surface area (Å²) in [5, 5.41) is 3.42. The van der Waals surface area contributed by atoms with E-state index >= 15 is 0 Å². The Kier molecular flexibility index (Phi) is 5.39. The monoisotopic (exact) mass is 452 g/mol. The van der Waals surface area contributed by atoms with Crippen LogP contribution in [0.5, 0.6) is 11.5 Å². The predicted molar refractivity (Wildman–Crippen MR) is 133 cm³/mol. The SMILES string of the molecule is Cc1ccc(Nc2nc3cc(Oc4ccnc(C(N)=O)c4)ccc3n2C)cc1-c1cccnc1.[HH]. The first-order valence-electron chi connectivity index (χ1n) is 10.7. The van der Waals surface area contributed by atoms with E-state index < -0.39 is 5.91 Å². The molecule has 0 saturated carbocycles. The minimum absolute atomic E-state index is 0. The molecule has 170 valence electrons. The van der Waals surface area contributed by atoms with Crippen molar-refractivity contribution < 1.29 is 11.0 Å². The van der Waals surface area contributed by atoms with Crippen LogP contribution in [0.15, 0.2) is 79.3 Å². The van der Waals surface area contributed by atoms with E-state index in [2.05, 4.69) is 34.3 Å². The molecule has 8 nitrogen and oxygen atoms in total. The Morgan fingerprint density at radius 3 is 2.71 bits per heavy atom. The second-order valence-corrected chi connectivity index (χ2v) is 7.88. The molecule has 3 aromatic heterocycles. The van der Waals surface area contributed by atoms with Crippen molar-refractivity contribution >= 4 is 28.6 Å². The van der Waals surface area contributed by atoms with Gasteiger partial charge in [-0.3, -0.25) is 14.8 Å². The van der Waals surface area contributed by atoms with Crippen molar-refractivity contribution in [2.75, 3.05) is 5.32 Å². The third kappa shape index (κ3) is 4.16. The highest BCUT2D eigenvalue weighted by Crippen LogP contribution is 2.30. The van der Waals surface area contributed by atoms with Gasteiger partial charge in [0.2, 0.25) is 5.95 Å². The normalized spacial score (nSPS) is 10.9. The van der Waals surface area contributed by atoms with E-state index in [9.17, 15) is 4.79 Å². The molecule has 0 saturated heterocycles. The first kappa shape index (κ1) is 21.1. The number of amides is 1. The molecule has 5 rings (SSSR count). The van der Waals surface area contributed by atoms with Crippen molar-refractivity contribution in [3.8, 4) is 22.6 Å². The van der Waals surface area contributed by atoms with Crippen LogP contribution in [0.4, 0.5) is 11.6 Å². The first-order chi connectivity index (χ1) is 16.5. The number of imidazole rings is 1. The zero-order chi connectivity index (χ0) is 23.7. The quantitative estimate of drug-likeness (QED) is 0.366. The van der Waals surface area contributed by atoms with Crippen molar-refractivity contribution in [1.82, 2.24) is 19.5 Å². The Morgan fingerprint density at radius 2 is 1.91 bits per heavy atom. The van der Waals surface area contributed by atoms with Crippen LogP contribution in [0.25, 0.3) is 22.2 Å². The van der Waals surface area contributed by atoms with Gasteiger partial charge < -0.3 is 20.4 Å². The molecule has 0 atom stereocenters. The molecule has 0 bridgehead atoms. The zero-order valence-electron chi connectivity index (χ0n) is 18.7. The zero-order valence-corrected chi connectivity index (χ0v) is 18.7. The summed E-state index contributed by atoms with van der Waals surface area (Å²) in [6.07, 6.45) is 5.11. The summed E-state index contributed by atoms with van der Waals surface area (Å²) in [6, 6.07) is 19.0. The molecule has 0 aliphatic heterocycles. The molecule has 3 heterocycles. The number of aryl methyl sites for hydroxylation is 2. The predicted octanol–water partition coefficient (Wildman–Crippen LogP) is 5.22. The number of aromatic nitrogens is 4. The smallest absolute Gasteiger partial charge is 0.267 e. The molecule has 2 aromatic carbocycles. The lowest BCUT2D eigenvalue weighted by Crippen LogP contribution is -2.12. The standard InChI is InChI=1S/C26H22N6O2.H2/c1-16-5-6-18(12-21(16)17-4-3-10-28-15-17)30-26-31-22-13-19(7-8-24(22)32(26)2)34-20-9-11-29-23(14-20)25(27)33;/h3-15H,1-2H3,(H2,27,33)(H,30,31);1H. The van der Waals surface area contributed by atoms with Gasteiger partial charge in [-0.25, -0.2) is 4.98 Å². The summed E-state index contributed by atoms with van der Waals surface area (Å²) in [4.78, 5) is 24.3. The number of rotatable bonds is 6. The number of nitrogens with two attached hydrogens (primary N) is 1. The van der Waals surface area contributed by atoms with Gasteiger partial charge in [-0.2, -0.15) is 0 Å². The summed E-state index contributed by atoms with van der Waals surface area (Å²) < 4.78 is 7.89. The molecule has 1 amide bonds. The maximum absolute atomic E-state index is 11.4. The fourth-order valence-corrected chi connectivity index (χ4v) is 3.76. The molecule has 0 aliphatic rings. The third-order valence-electron chi connectivity index (χ3n) is 5.54. The highest BCUT2D eigenvalue weighted by Gasteiger charge is 2.12. The van der Waals surface area contributed by atoms with Crippen LogP contribution in [-0.4, -0.2) is 25.4 Å². The summed E-state index contributed by atoms with van der Waals surface area (Å²) in [5.41, 5.74) is 11.4. The lowest BCUT2D eigenvalue weighted by Gasteiger charge is -2.11. The van der Waals surface area contributed by atoms with Gasteiger partial charge in [-0.15, -0.1) is 0 Å². The number of carbonyl (C=O) groups excluding carboxylic acids is 1. The van der Waals surface area contributed by atoms with E-state index in [0.29, 0.717) is 17.4 Å². The van der Waals surface area contributed by atoms with E-state index in [0.717, 1.165) is 27.8 Å². The fraction of sp³-hybridized carbons (Fsp3) is 0.0769. The number of carbonyl (C=O) groups is 1. The molecule has 8 heteroatoms. The van der Waals surface area contributed by atoms with Gasteiger partial charge in [0, 0.05) is 50.4 Å². The van der Waals surface area contributed by atoms with E-state index in [1.54, 1.807) is 12.3 Å². The number of primary amides is 1. The summed E-state index contributed by atoms with van der Waals surface area (Å²) in [6.45, 7) is 2.08. The topological polar surface area (TPSA) is 108 Å². The van der Waals surface area contributed by atoms with Gasteiger partial charge in [-0.05, 0) is 54.4 Å². The van der Waals surface area contributed by atoms with Gasteiger partial charge in [0.25, 0.3) is 5.91 Å². The Labute approximate surface area is 197 Å². The van der Waals surface area contributed by atoms with Crippen molar-refractivity contribution in [3.63, 3.8) is 0 Å². The molecule has 5 aromatic rings. The van der Waals surface area contributed by atoms with Crippen molar-refractivity contribution in [3.05, 3.63) is 90.5 Å². The highest BCUT2D eigenvalue weighted by atomic mass is 16.5. The van der Waals surface area contributed by atoms with Crippen LogP contribution in [0, 0.1) is 6.92 Å². The second kappa shape index (κ2) is 8.67. The maximum Gasteiger partial charge on any atom is 0.267 e. The number of hydrogen-bond donors (Lipinski definition) is 2. The maximum atomic E-state index is 11.4. The molecular weight excluding hydrogens is 428 g/mol. The van der Waals surface area contributed by atoms with E-state index in [1.807, 2.05) is 54.2 Å². The fourth-order valence-electron chi connectivity index (χ4n) is 3.76. The molecule has 0 spiro atoms. The van der Waals surface area contributed by atoms with Gasteiger partial charge in [0.05, 0.1) is 11.0 Å². The van der Waals surface area contributed by atoms with Crippen molar-refractivity contribution in [2.24, 2.45) is 12.8 Å². The molecule has 0 unspecified atom stereocenters. The third-order valence-corrected chi connectivity index (χ3v) is 5.54. The average Bonchev–Trinajstić information content (AvgIpc) is 3.15. The van der Waals surface area contributed by atoms with Gasteiger partial charge in [0.1, 0.15) is 17.2 Å². The van der Waals surface area contributed by atoms with E-state index in [1.165, 1.54) is 17.8 Å². The van der Waals surface area contributed by atoms with Crippen LogP contribution >= 0.6 is 0 Å². The number of hydrogen-bond acceptors (Lipinski definition) is 6. The minimum atomic E-state index is -0.607. The Hall–Kier alpha value is -4.72. The molecule has 0 aliphatic carbocycles. The number of fused-ring (bicyclic) bond motifs is 1. The van der Waals surface area contributed by atoms with Crippen molar-refractivity contribution in [1.29, 1.82) is 0 Å². The summed E-state index contributed by atoms with van der Waals surface area (Å²) >= 11 is 0. The van der Waals surface area contributed by atoms with E-state index in [4.69, 9.17) is 15.5 Å². The van der Waals surface area contributed by atoms with Crippen LogP contribution < -0.4 is 15.8 Å². The van der Waals surface area contributed by atoms with Crippen LogP contribution in [0.2, 0.25) is 0 Å². The first-order valence-corrected chi connectivity index (χ1v) is 10.7. The molecular formula is C26H24N6O2. The Bertz CT molecular complexity index is 1520. The lowest BCUT2D eigenvalue weighted by atomic mass is 10.0. The number of nitrogens with zero attached hydrogens (tertiary/aromatic N) is 4. The largest absolute Gasteiger partial charge is 0.457 e.